The van der Waals surface area contributed by atoms with Gasteiger partial charge in [0.25, 0.3) is 0 Å². The fraction of sp³-hybridized carbons (Fsp3) is 0.385. The molecule has 0 aliphatic heterocycles. The van der Waals surface area contributed by atoms with E-state index >= 15 is 0 Å². The molecule has 0 aliphatic carbocycles. The second-order valence-electron chi connectivity index (χ2n) is 3.82. The van der Waals surface area contributed by atoms with Gasteiger partial charge in [-0.3, -0.25) is 0 Å². The molecule has 0 saturated carbocycles. The van der Waals surface area contributed by atoms with Crippen LogP contribution in [-0.2, 0) is 4.74 Å². The van der Waals surface area contributed by atoms with Gasteiger partial charge >= 0.3 is 5.97 Å². The van der Waals surface area contributed by atoms with Crippen molar-refractivity contribution in [3.63, 3.8) is 0 Å². The van der Waals surface area contributed by atoms with Crippen molar-refractivity contribution >= 4 is 17.3 Å². The van der Waals surface area contributed by atoms with E-state index in [2.05, 4.69) is 6.07 Å². The first-order valence-electron chi connectivity index (χ1n) is 5.74. The molecule has 5 nitrogen and oxygen atoms in total. The zero-order chi connectivity index (χ0) is 13.5. The number of ether oxygens (including phenoxy) is 1. The summed E-state index contributed by atoms with van der Waals surface area (Å²) >= 11 is 0. The Morgan fingerprint density at radius 1 is 1.56 bits per heavy atom. The van der Waals surface area contributed by atoms with Crippen LogP contribution in [0.3, 0.4) is 0 Å². The van der Waals surface area contributed by atoms with Gasteiger partial charge in [0.2, 0.25) is 0 Å². The molecule has 1 aromatic rings. The molecule has 0 fully saturated rings. The molecular weight excluding hydrogens is 230 g/mol. The van der Waals surface area contributed by atoms with Crippen LogP contribution in [0.15, 0.2) is 18.2 Å². The Kier molecular flexibility index (Phi) is 5.00. The molecule has 0 atom stereocenters. The Bertz CT molecular complexity index is 466. The monoisotopic (exact) mass is 247 g/mol. The average Bonchev–Trinajstić information content (AvgIpc) is 2.36. The van der Waals surface area contributed by atoms with Crippen LogP contribution in [0.2, 0.25) is 0 Å². The first kappa shape index (κ1) is 13.8. The molecule has 2 N–H and O–H groups in total. The van der Waals surface area contributed by atoms with Gasteiger partial charge in [-0.1, -0.05) is 0 Å². The number of nitrogen functional groups attached to an aromatic ring is 1. The summed E-state index contributed by atoms with van der Waals surface area (Å²) in [5.41, 5.74) is 7.64. The number of hydrogen-bond donors (Lipinski definition) is 1. The standard InChI is InChI=1S/C13H17N3O2/c1-3-18-13(17)10-5-6-12(11(15)9-10)16(2)8-4-7-14/h5-6,9H,3-4,8,15H2,1-2H3. The quantitative estimate of drug-likeness (QED) is 0.634. The van der Waals surface area contributed by atoms with E-state index in [0.29, 0.717) is 30.8 Å². The van der Waals surface area contributed by atoms with Crippen molar-refractivity contribution < 1.29 is 9.53 Å². The van der Waals surface area contributed by atoms with E-state index in [4.69, 9.17) is 15.7 Å². The highest BCUT2D eigenvalue weighted by molar-refractivity contribution is 5.92. The summed E-state index contributed by atoms with van der Waals surface area (Å²) in [7, 11) is 1.85. The minimum Gasteiger partial charge on any atom is -0.462 e. The van der Waals surface area contributed by atoms with E-state index in [1.807, 2.05) is 11.9 Å². The number of nitriles is 1. The molecule has 0 aliphatic rings. The zero-order valence-electron chi connectivity index (χ0n) is 10.6. The number of carbonyl (C=O) groups is 1. The maximum Gasteiger partial charge on any atom is 0.338 e. The molecule has 0 unspecified atom stereocenters. The highest BCUT2D eigenvalue weighted by Gasteiger charge is 2.10. The fourth-order valence-corrected chi connectivity index (χ4v) is 1.58. The maximum absolute atomic E-state index is 11.5. The van der Waals surface area contributed by atoms with Crippen molar-refractivity contribution in [2.45, 2.75) is 13.3 Å². The van der Waals surface area contributed by atoms with Crippen molar-refractivity contribution in [1.29, 1.82) is 5.26 Å². The summed E-state index contributed by atoms with van der Waals surface area (Å²) in [4.78, 5) is 13.4. The van der Waals surface area contributed by atoms with Gasteiger partial charge in [0.15, 0.2) is 0 Å². The number of nitrogens with zero attached hydrogens (tertiary/aromatic N) is 2. The second-order valence-corrected chi connectivity index (χ2v) is 3.82. The van der Waals surface area contributed by atoms with Gasteiger partial charge in [-0.05, 0) is 25.1 Å². The summed E-state index contributed by atoms with van der Waals surface area (Å²) in [6, 6.07) is 7.11. The lowest BCUT2D eigenvalue weighted by atomic mass is 10.1. The van der Waals surface area contributed by atoms with E-state index in [1.165, 1.54) is 0 Å². The number of anilines is 2. The topological polar surface area (TPSA) is 79.3 Å². The Labute approximate surface area is 107 Å². The van der Waals surface area contributed by atoms with E-state index in [0.717, 1.165) is 5.69 Å². The first-order chi connectivity index (χ1) is 8.60. The number of carbonyl (C=O) groups excluding carboxylic acids is 1. The smallest absolute Gasteiger partial charge is 0.338 e. The van der Waals surface area contributed by atoms with Crippen molar-refractivity contribution in [3.05, 3.63) is 23.8 Å². The summed E-state index contributed by atoms with van der Waals surface area (Å²) in [6.45, 7) is 2.69. The van der Waals surface area contributed by atoms with Crippen LogP contribution in [-0.4, -0.2) is 26.2 Å². The van der Waals surface area contributed by atoms with Gasteiger partial charge < -0.3 is 15.4 Å². The molecule has 0 amide bonds. The minimum atomic E-state index is -0.379. The summed E-state index contributed by atoms with van der Waals surface area (Å²) < 4.78 is 4.90. The molecule has 0 heterocycles. The number of esters is 1. The lowest BCUT2D eigenvalue weighted by molar-refractivity contribution is 0.0526. The van der Waals surface area contributed by atoms with Crippen molar-refractivity contribution in [3.8, 4) is 6.07 Å². The van der Waals surface area contributed by atoms with Crippen LogP contribution in [0.4, 0.5) is 11.4 Å². The van der Waals surface area contributed by atoms with Gasteiger partial charge in [-0.25, -0.2) is 4.79 Å². The predicted octanol–water partition coefficient (Wildman–Crippen LogP) is 1.80. The third-order valence-electron chi connectivity index (χ3n) is 2.51. The van der Waals surface area contributed by atoms with Crippen molar-refractivity contribution in [2.24, 2.45) is 0 Å². The normalized spacial score (nSPS) is 9.61. The Morgan fingerprint density at radius 2 is 2.28 bits per heavy atom. The maximum atomic E-state index is 11.5. The minimum absolute atomic E-state index is 0.336. The Hall–Kier alpha value is -2.22. The number of benzene rings is 1. The summed E-state index contributed by atoms with van der Waals surface area (Å²) in [6.07, 6.45) is 0.426. The van der Waals surface area contributed by atoms with Gasteiger partial charge in [0.1, 0.15) is 0 Å². The summed E-state index contributed by atoms with van der Waals surface area (Å²) in [5, 5.41) is 8.54. The van der Waals surface area contributed by atoms with Crippen LogP contribution in [0, 0.1) is 11.3 Å². The van der Waals surface area contributed by atoms with Crippen LogP contribution >= 0.6 is 0 Å². The number of nitrogens with two attached hydrogens (primary N) is 1. The van der Waals surface area contributed by atoms with Gasteiger partial charge in [-0.2, -0.15) is 5.26 Å². The van der Waals surface area contributed by atoms with Crippen LogP contribution in [0.1, 0.15) is 23.7 Å². The highest BCUT2D eigenvalue weighted by Crippen LogP contribution is 2.23. The predicted molar refractivity (Wildman–Crippen MR) is 70.3 cm³/mol. The van der Waals surface area contributed by atoms with E-state index in [9.17, 15) is 4.79 Å². The van der Waals surface area contributed by atoms with E-state index in [-0.39, 0.29) is 5.97 Å². The van der Waals surface area contributed by atoms with Crippen LogP contribution < -0.4 is 10.6 Å². The van der Waals surface area contributed by atoms with Crippen molar-refractivity contribution in [2.75, 3.05) is 30.8 Å². The van der Waals surface area contributed by atoms with E-state index < -0.39 is 0 Å². The molecule has 0 saturated heterocycles. The Balaban J connectivity index is 2.86. The molecular formula is C13H17N3O2. The molecule has 0 radical (unpaired) electrons. The average molecular weight is 247 g/mol. The molecule has 0 aromatic heterocycles. The highest BCUT2D eigenvalue weighted by atomic mass is 16.5. The zero-order valence-corrected chi connectivity index (χ0v) is 10.6. The first-order valence-corrected chi connectivity index (χ1v) is 5.74. The molecule has 0 bridgehead atoms. The molecule has 18 heavy (non-hydrogen) atoms. The molecule has 1 aromatic carbocycles. The summed E-state index contributed by atoms with van der Waals surface area (Å²) in [5.74, 6) is -0.379. The Morgan fingerprint density at radius 3 is 2.83 bits per heavy atom. The number of hydrogen-bond acceptors (Lipinski definition) is 5. The van der Waals surface area contributed by atoms with Gasteiger partial charge in [0, 0.05) is 13.6 Å². The number of rotatable bonds is 5. The SMILES string of the molecule is CCOC(=O)c1ccc(N(C)CCC#N)c(N)c1. The van der Waals surface area contributed by atoms with Gasteiger partial charge in [0.05, 0.1) is 36.0 Å². The van der Waals surface area contributed by atoms with Gasteiger partial charge in [-0.15, -0.1) is 0 Å². The third-order valence-corrected chi connectivity index (χ3v) is 2.51. The lowest BCUT2D eigenvalue weighted by Crippen LogP contribution is -2.19. The second kappa shape index (κ2) is 6.50. The fourth-order valence-electron chi connectivity index (χ4n) is 1.58. The van der Waals surface area contributed by atoms with E-state index in [1.54, 1.807) is 25.1 Å². The van der Waals surface area contributed by atoms with Crippen molar-refractivity contribution in [1.82, 2.24) is 0 Å². The van der Waals surface area contributed by atoms with Crippen LogP contribution in [0.25, 0.3) is 0 Å². The van der Waals surface area contributed by atoms with Crippen LogP contribution in [0.5, 0.6) is 0 Å². The molecule has 5 heteroatoms. The molecule has 96 valence electrons. The largest absolute Gasteiger partial charge is 0.462 e. The lowest BCUT2D eigenvalue weighted by Gasteiger charge is -2.20. The molecule has 1 rings (SSSR count). The third kappa shape index (κ3) is 3.39. The molecule has 0 spiro atoms.